The smallest absolute Gasteiger partial charge is 0.392 e. The van der Waals surface area contributed by atoms with E-state index >= 15 is 0 Å². The van der Waals surface area contributed by atoms with Crippen molar-refractivity contribution in [1.82, 2.24) is 19.5 Å². The lowest BCUT2D eigenvalue weighted by atomic mass is 9.90. The lowest BCUT2D eigenvalue weighted by Crippen LogP contribution is -2.46. The zero-order valence-corrected chi connectivity index (χ0v) is 11.9. The molecule has 11 heteroatoms. The Hall–Kier alpha value is -2.42. The molecule has 1 aliphatic heterocycles. The highest BCUT2D eigenvalue weighted by atomic mass is 19.4. The molecular weight excluding hydrogens is 333 g/mol. The van der Waals surface area contributed by atoms with Gasteiger partial charge in [0.2, 0.25) is 0 Å². The van der Waals surface area contributed by atoms with Gasteiger partial charge in [0.05, 0.1) is 19.3 Å². The van der Waals surface area contributed by atoms with Crippen LogP contribution >= 0.6 is 0 Å². The van der Waals surface area contributed by atoms with Gasteiger partial charge in [-0.05, 0) is 0 Å². The Bertz CT molecular complexity index is 870. The highest BCUT2D eigenvalue weighted by molar-refractivity contribution is 5.68. The molecule has 3 rings (SSSR count). The Morgan fingerprint density at radius 3 is 2.79 bits per heavy atom. The second-order valence-electron chi connectivity index (χ2n) is 5.27. The van der Waals surface area contributed by atoms with Crippen molar-refractivity contribution in [2.24, 2.45) is 5.92 Å². The first-order chi connectivity index (χ1) is 11.2. The highest BCUT2D eigenvalue weighted by Gasteiger charge is 2.64. The monoisotopic (exact) mass is 344 g/mol. The molecule has 128 valence electrons. The Labute approximate surface area is 131 Å². The van der Waals surface area contributed by atoms with Crippen molar-refractivity contribution in [2.45, 2.75) is 24.1 Å². The predicted molar refractivity (Wildman–Crippen MR) is 72.5 cm³/mol. The Balaban J connectivity index is 2.19. The van der Waals surface area contributed by atoms with E-state index in [9.17, 15) is 28.2 Å². The summed E-state index contributed by atoms with van der Waals surface area (Å²) in [6.07, 6.45) is -1.84. The molecule has 0 amide bonds. The normalized spacial score (nSPS) is 30.6. The maximum Gasteiger partial charge on any atom is 0.398 e. The summed E-state index contributed by atoms with van der Waals surface area (Å²) in [4.78, 5) is 21.4. The maximum absolute atomic E-state index is 13.4. The summed E-state index contributed by atoms with van der Waals surface area (Å²) in [7, 11) is 0. The van der Waals surface area contributed by atoms with Gasteiger partial charge in [-0.1, -0.05) is 5.92 Å². The summed E-state index contributed by atoms with van der Waals surface area (Å²) in [6, 6.07) is 0. The minimum Gasteiger partial charge on any atom is -0.392 e. The molecule has 4 atom stereocenters. The molecule has 2 aromatic rings. The van der Waals surface area contributed by atoms with E-state index in [-0.39, 0.29) is 11.2 Å². The first kappa shape index (κ1) is 16.4. The number of hydrogen-bond donors (Lipinski definition) is 3. The number of halogens is 3. The van der Waals surface area contributed by atoms with Crippen molar-refractivity contribution in [3.05, 3.63) is 23.0 Å². The van der Waals surface area contributed by atoms with Gasteiger partial charge < -0.3 is 19.9 Å². The van der Waals surface area contributed by atoms with Crippen molar-refractivity contribution < 1.29 is 28.1 Å². The lowest BCUT2D eigenvalue weighted by molar-refractivity contribution is -0.210. The number of aliphatic hydroxyl groups is 2. The van der Waals surface area contributed by atoms with Crippen LogP contribution in [0.4, 0.5) is 13.2 Å². The third kappa shape index (κ3) is 2.19. The van der Waals surface area contributed by atoms with Crippen molar-refractivity contribution in [3.63, 3.8) is 0 Å². The number of ether oxygens (including phenoxy) is 1. The number of aromatic nitrogens is 4. The maximum atomic E-state index is 13.4. The molecule has 2 aromatic heterocycles. The molecule has 24 heavy (non-hydrogen) atoms. The Kier molecular flexibility index (Phi) is 3.63. The van der Waals surface area contributed by atoms with Crippen LogP contribution in [0, 0.1) is 18.3 Å². The fourth-order valence-electron chi connectivity index (χ4n) is 2.72. The summed E-state index contributed by atoms with van der Waals surface area (Å²) in [5, 5.41) is 19.4. The summed E-state index contributed by atoms with van der Waals surface area (Å²) in [6.45, 7) is -1.02. The number of fused-ring (bicyclic) bond motifs is 1. The second-order valence-corrected chi connectivity index (χ2v) is 5.27. The van der Waals surface area contributed by atoms with Gasteiger partial charge in [0.15, 0.2) is 23.0 Å². The molecule has 0 radical (unpaired) electrons. The average Bonchev–Trinajstić information content (AvgIpc) is 3.07. The molecule has 3 heterocycles. The van der Waals surface area contributed by atoms with Gasteiger partial charge in [-0.3, -0.25) is 9.36 Å². The molecule has 3 N–H and O–H groups in total. The van der Waals surface area contributed by atoms with Crippen LogP contribution in [-0.2, 0) is 4.74 Å². The molecule has 0 aromatic carbocycles. The number of nitrogens with one attached hydrogen (secondary N) is 1. The molecule has 8 nitrogen and oxygen atoms in total. The van der Waals surface area contributed by atoms with Gasteiger partial charge in [-0.2, -0.15) is 13.2 Å². The van der Waals surface area contributed by atoms with Crippen LogP contribution in [0.5, 0.6) is 0 Å². The zero-order chi connectivity index (χ0) is 17.7. The molecule has 1 saturated heterocycles. The van der Waals surface area contributed by atoms with E-state index < -0.39 is 42.2 Å². The lowest BCUT2D eigenvalue weighted by Gasteiger charge is -2.25. The third-order valence-electron chi connectivity index (χ3n) is 3.95. The number of aliphatic hydroxyl groups excluding tert-OH is 2. The van der Waals surface area contributed by atoms with Crippen LogP contribution in [-0.4, -0.2) is 54.2 Å². The number of hydrogen-bond acceptors (Lipinski definition) is 6. The van der Waals surface area contributed by atoms with Crippen LogP contribution in [0.25, 0.3) is 11.2 Å². The van der Waals surface area contributed by atoms with Crippen molar-refractivity contribution >= 4 is 11.2 Å². The van der Waals surface area contributed by atoms with Crippen molar-refractivity contribution in [3.8, 4) is 12.3 Å². The Morgan fingerprint density at radius 1 is 1.50 bits per heavy atom. The molecular formula is C13H11F3N4O4. The number of aromatic amines is 1. The molecule has 1 fully saturated rings. The quantitative estimate of drug-likeness (QED) is 0.636. The van der Waals surface area contributed by atoms with Crippen LogP contribution in [0.15, 0.2) is 17.4 Å². The predicted octanol–water partition coefficient (Wildman–Crippen LogP) is -0.448. The molecule has 0 unspecified atom stereocenters. The summed E-state index contributed by atoms with van der Waals surface area (Å²) in [5.74, 6) is -0.559. The van der Waals surface area contributed by atoms with E-state index in [0.717, 1.165) is 17.2 Å². The van der Waals surface area contributed by atoms with Crippen LogP contribution < -0.4 is 5.56 Å². The number of H-pyrrole nitrogens is 1. The number of rotatable bonds is 2. The number of alkyl halides is 3. The molecule has 0 spiro atoms. The van der Waals surface area contributed by atoms with Gasteiger partial charge >= 0.3 is 6.18 Å². The van der Waals surface area contributed by atoms with Crippen LogP contribution in [0.1, 0.15) is 6.23 Å². The van der Waals surface area contributed by atoms with Crippen LogP contribution in [0.3, 0.4) is 0 Å². The average molecular weight is 344 g/mol. The van der Waals surface area contributed by atoms with E-state index in [4.69, 9.17) is 11.2 Å². The SMILES string of the molecule is C#C[C@]1(CO)O[C@@H](n2cnc3c(=O)[nH]cnc32)[C@@H](C(F)(F)F)[C@@H]1O. The first-order valence-electron chi connectivity index (χ1n) is 6.66. The van der Waals surface area contributed by atoms with Crippen molar-refractivity contribution in [1.29, 1.82) is 0 Å². The summed E-state index contributed by atoms with van der Waals surface area (Å²) >= 11 is 0. The fourth-order valence-corrected chi connectivity index (χ4v) is 2.72. The minimum absolute atomic E-state index is 0.170. The van der Waals surface area contributed by atoms with E-state index in [1.165, 1.54) is 0 Å². The molecule has 0 saturated carbocycles. The summed E-state index contributed by atoms with van der Waals surface area (Å²) in [5.41, 5.74) is -3.25. The standard InChI is InChI=1S/C13H11F3N4O4/c1-2-12(3-21)8(22)6(13(14,15)16)11(24-12)20-5-19-7-9(20)17-4-18-10(7)23/h1,4-6,8,11,21-22H,3H2,(H,17,18,23)/t6-,8-,11+,12+/m0/s1. The minimum atomic E-state index is -4.89. The summed E-state index contributed by atoms with van der Waals surface area (Å²) < 4.78 is 46.4. The molecule has 0 aliphatic carbocycles. The van der Waals surface area contributed by atoms with Crippen molar-refractivity contribution in [2.75, 3.05) is 6.61 Å². The van der Waals surface area contributed by atoms with Gasteiger partial charge in [-0.15, -0.1) is 6.42 Å². The van der Waals surface area contributed by atoms with Gasteiger partial charge in [0, 0.05) is 0 Å². The third-order valence-corrected chi connectivity index (χ3v) is 3.95. The molecule has 1 aliphatic rings. The van der Waals surface area contributed by atoms with Gasteiger partial charge in [0.25, 0.3) is 5.56 Å². The number of terminal acetylenes is 1. The zero-order valence-electron chi connectivity index (χ0n) is 11.9. The van der Waals surface area contributed by atoms with E-state index in [2.05, 4.69) is 15.0 Å². The fraction of sp³-hybridized carbons (Fsp3) is 0.462. The highest BCUT2D eigenvalue weighted by Crippen LogP contribution is 2.49. The number of imidazole rings is 1. The topological polar surface area (TPSA) is 113 Å². The van der Waals surface area contributed by atoms with E-state index in [0.29, 0.717) is 0 Å². The largest absolute Gasteiger partial charge is 0.398 e. The Morgan fingerprint density at radius 2 is 2.21 bits per heavy atom. The van der Waals surface area contributed by atoms with Gasteiger partial charge in [0.1, 0.15) is 12.0 Å². The molecule has 0 bridgehead atoms. The second kappa shape index (κ2) is 5.30. The van der Waals surface area contributed by atoms with Gasteiger partial charge in [-0.25, -0.2) is 9.97 Å². The van der Waals surface area contributed by atoms with Crippen LogP contribution in [0.2, 0.25) is 0 Å². The first-order valence-corrected chi connectivity index (χ1v) is 6.66. The number of nitrogens with zero attached hydrogens (tertiary/aromatic N) is 3. The van der Waals surface area contributed by atoms with E-state index in [1.54, 1.807) is 0 Å². The van der Waals surface area contributed by atoms with E-state index in [1.807, 2.05) is 5.92 Å².